The largest absolute Gasteiger partial charge is 0.394 e. The summed E-state index contributed by atoms with van der Waals surface area (Å²) in [7, 11) is 0. The van der Waals surface area contributed by atoms with Crippen LogP contribution in [-0.4, -0.2) is 16.7 Å². The minimum absolute atomic E-state index is 0.0549. The fourth-order valence-corrected chi connectivity index (χ4v) is 3.44. The quantitative estimate of drug-likeness (QED) is 0.657. The molecule has 0 aliphatic carbocycles. The first kappa shape index (κ1) is 16.8. The summed E-state index contributed by atoms with van der Waals surface area (Å²) in [4.78, 5) is 4.70. The molecule has 1 aromatic heterocycles. The normalized spacial score (nSPS) is 12.2. The van der Waals surface area contributed by atoms with Gasteiger partial charge in [-0.25, -0.2) is 4.98 Å². The van der Waals surface area contributed by atoms with Gasteiger partial charge < -0.3 is 10.4 Å². The summed E-state index contributed by atoms with van der Waals surface area (Å²) >= 11 is 1.71. The molecule has 0 spiro atoms. The van der Waals surface area contributed by atoms with Crippen molar-refractivity contribution in [1.82, 2.24) is 10.3 Å². The Kier molecular flexibility index (Phi) is 6.13. The number of nitrogens with zero attached hydrogens (tertiary/aromatic N) is 1. The van der Waals surface area contributed by atoms with Gasteiger partial charge in [-0.15, -0.1) is 11.3 Å². The molecule has 3 rings (SSSR count). The van der Waals surface area contributed by atoms with Crippen molar-refractivity contribution in [3.8, 4) is 0 Å². The summed E-state index contributed by atoms with van der Waals surface area (Å²) in [5, 5.41) is 16.2. The molecule has 0 aliphatic rings. The van der Waals surface area contributed by atoms with Crippen molar-refractivity contribution in [2.75, 3.05) is 6.61 Å². The zero-order valence-electron chi connectivity index (χ0n) is 13.6. The van der Waals surface area contributed by atoms with E-state index in [-0.39, 0.29) is 12.6 Å². The van der Waals surface area contributed by atoms with E-state index < -0.39 is 0 Å². The van der Waals surface area contributed by atoms with Crippen molar-refractivity contribution in [2.24, 2.45) is 0 Å². The Morgan fingerprint density at radius 1 is 0.958 bits per heavy atom. The molecule has 2 N–H and O–H groups in total. The van der Waals surface area contributed by atoms with Crippen LogP contribution in [0.15, 0.2) is 66.0 Å². The third kappa shape index (κ3) is 4.74. The summed E-state index contributed by atoms with van der Waals surface area (Å²) in [6.45, 7) is 0.747. The molecule has 0 fully saturated rings. The maximum atomic E-state index is 9.59. The molecule has 0 saturated heterocycles. The topological polar surface area (TPSA) is 45.1 Å². The van der Waals surface area contributed by atoms with Crippen molar-refractivity contribution >= 4 is 11.3 Å². The highest BCUT2D eigenvalue weighted by Crippen LogP contribution is 2.16. The van der Waals surface area contributed by atoms with Crippen molar-refractivity contribution in [2.45, 2.75) is 25.4 Å². The van der Waals surface area contributed by atoms with Crippen LogP contribution in [0.5, 0.6) is 0 Å². The van der Waals surface area contributed by atoms with Crippen LogP contribution in [-0.2, 0) is 19.4 Å². The highest BCUT2D eigenvalue weighted by molar-refractivity contribution is 7.09. The Hall–Kier alpha value is -2.01. The van der Waals surface area contributed by atoms with E-state index in [4.69, 9.17) is 4.98 Å². The number of nitrogens with one attached hydrogen (secondary N) is 1. The fourth-order valence-electron chi connectivity index (χ4n) is 2.64. The van der Waals surface area contributed by atoms with E-state index in [2.05, 4.69) is 35.0 Å². The molecule has 3 nitrogen and oxygen atoms in total. The Labute approximate surface area is 147 Å². The number of aryl methyl sites for hydroxylation is 2. The number of hydrogen-bond acceptors (Lipinski definition) is 4. The standard InChI is InChI=1S/C20H22N2OS/c23-14-19(17-9-5-2-6-10-17)21-13-18-15-24-20(22-18)12-11-16-7-3-1-4-8-16/h1-10,15,19,21,23H,11-14H2. The van der Waals surface area contributed by atoms with E-state index in [1.54, 1.807) is 11.3 Å². The predicted molar refractivity (Wildman–Crippen MR) is 99.1 cm³/mol. The maximum absolute atomic E-state index is 9.59. The van der Waals surface area contributed by atoms with E-state index in [1.165, 1.54) is 5.56 Å². The van der Waals surface area contributed by atoms with Gasteiger partial charge in [0.05, 0.1) is 23.4 Å². The van der Waals surface area contributed by atoms with Crippen LogP contribution in [0.4, 0.5) is 0 Å². The first-order valence-corrected chi connectivity index (χ1v) is 9.09. The number of rotatable bonds is 8. The molecule has 0 bridgehead atoms. The average molecular weight is 338 g/mol. The third-order valence-electron chi connectivity index (χ3n) is 3.98. The second-order valence-electron chi connectivity index (χ2n) is 5.74. The summed E-state index contributed by atoms with van der Waals surface area (Å²) in [5.74, 6) is 0. The third-order valence-corrected chi connectivity index (χ3v) is 4.94. The second-order valence-corrected chi connectivity index (χ2v) is 6.69. The second kappa shape index (κ2) is 8.73. The highest BCUT2D eigenvalue weighted by atomic mass is 32.1. The van der Waals surface area contributed by atoms with Crippen LogP contribution >= 0.6 is 11.3 Å². The van der Waals surface area contributed by atoms with Crippen LogP contribution in [0.25, 0.3) is 0 Å². The molecule has 124 valence electrons. The Bertz CT molecular complexity index is 728. The van der Waals surface area contributed by atoms with Crippen molar-refractivity contribution in [1.29, 1.82) is 0 Å². The van der Waals surface area contributed by atoms with E-state index in [9.17, 15) is 5.11 Å². The molecular formula is C20H22N2OS. The Morgan fingerprint density at radius 3 is 2.38 bits per heavy atom. The molecule has 0 amide bonds. The lowest BCUT2D eigenvalue weighted by atomic mass is 10.1. The summed E-state index contributed by atoms with van der Waals surface area (Å²) in [5.41, 5.74) is 3.48. The molecule has 0 radical (unpaired) electrons. The molecule has 1 atom stereocenters. The van der Waals surface area contributed by atoms with Gasteiger partial charge in [-0.05, 0) is 17.5 Å². The molecule has 3 aromatic rings. The number of benzene rings is 2. The fraction of sp³-hybridized carbons (Fsp3) is 0.250. The zero-order chi connectivity index (χ0) is 16.6. The predicted octanol–water partition coefficient (Wildman–Crippen LogP) is 3.75. The van der Waals surface area contributed by atoms with E-state index in [0.717, 1.165) is 29.1 Å². The molecule has 0 saturated carbocycles. The van der Waals surface area contributed by atoms with Crippen LogP contribution in [0.1, 0.15) is 27.9 Å². The van der Waals surface area contributed by atoms with Crippen molar-refractivity contribution in [3.05, 3.63) is 87.9 Å². The summed E-state index contributed by atoms with van der Waals surface area (Å²) in [6.07, 6.45) is 1.99. The average Bonchev–Trinajstić information content (AvgIpc) is 3.10. The lowest BCUT2D eigenvalue weighted by Gasteiger charge is -2.15. The number of aromatic nitrogens is 1. The monoisotopic (exact) mass is 338 g/mol. The lowest BCUT2D eigenvalue weighted by molar-refractivity contribution is 0.243. The molecule has 24 heavy (non-hydrogen) atoms. The molecule has 1 unspecified atom stereocenters. The molecule has 0 aliphatic heterocycles. The Balaban J connectivity index is 1.52. The first-order valence-electron chi connectivity index (χ1n) is 8.21. The number of aliphatic hydroxyl groups excluding tert-OH is 1. The number of hydrogen-bond donors (Lipinski definition) is 2. The summed E-state index contributed by atoms with van der Waals surface area (Å²) < 4.78 is 0. The smallest absolute Gasteiger partial charge is 0.0932 e. The van der Waals surface area contributed by atoms with Crippen LogP contribution in [0.2, 0.25) is 0 Å². The number of aliphatic hydroxyl groups is 1. The van der Waals surface area contributed by atoms with Gasteiger partial charge in [0, 0.05) is 18.3 Å². The molecule has 4 heteroatoms. The van der Waals surface area contributed by atoms with Gasteiger partial charge in [0.15, 0.2) is 0 Å². The van der Waals surface area contributed by atoms with E-state index in [1.807, 2.05) is 36.4 Å². The highest BCUT2D eigenvalue weighted by Gasteiger charge is 2.10. The van der Waals surface area contributed by atoms with E-state index in [0.29, 0.717) is 6.54 Å². The minimum atomic E-state index is -0.0549. The molecular weight excluding hydrogens is 316 g/mol. The first-order chi connectivity index (χ1) is 11.8. The molecule has 1 heterocycles. The van der Waals surface area contributed by atoms with Crippen molar-refractivity contribution < 1.29 is 5.11 Å². The number of thiazole rings is 1. The van der Waals surface area contributed by atoms with Crippen LogP contribution < -0.4 is 5.32 Å². The van der Waals surface area contributed by atoms with Gasteiger partial charge >= 0.3 is 0 Å². The van der Waals surface area contributed by atoms with Gasteiger partial charge in [-0.2, -0.15) is 0 Å². The van der Waals surface area contributed by atoms with Gasteiger partial charge in [0.2, 0.25) is 0 Å². The minimum Gasteiger partial charge on any atom is -0.394 e. The van der Waals surface area contributed by atoms with Gasteiger partial charge in [0.25, 0.3) is 0 Å². The Morgan fingerprint density at radius 2 is 1.67 bits per heavy atom. The van der Waals surface area contributed by atoms with Gasteiger partial charge in [0.1, 0.15) is 0 Å². The van der Waals surface area contributed by atoms with Crippen LogP contribution in [0.3, 0.4) is 0 Å². The molecule has 2 aromatic carbocycles. The SMILES string of the molecule is OCC(NCc1csc(CCc2ccccc2)n1)c1ccccc1. The van der Waals surface area contributed by atoms with E-state index >= 15 is 0 Å². The van der Waals surface area contributed by atoms with Gasteiger partial charge in [-0.1, -0.05) is 60.7 Å². The van der Waals surface area contributed by atoms with Crippen LogP contribution in [0, 0.1) is 0 Å². The van der Waals surface area contributed by atoms with Gasteiger partial charge in [-0.3, -0.25) is 0 Å². The maximum Gasteiger partial charge on any atom is 0.0932 e. The zero-order valence-corrected chi connectivity index (χ0v) is 14.4. The summed E-state index contributed by atoms with van der Waals surface area (Å²) in [6, 6.07) is 20.5. The van der Waals surface area contributed by atoms with Crippen molar-refractivity contribution in [3.63, 3.8) is 0 Å². The lowest BCUT2D eigenvalue weighted by Crippen LogP contribution is -2.24.